The number of amides is 1. The minimum atomic E-state index is -0.0357. The van der Waals surface area contributed by atoms with Crippen LogP contribution < -0.4 is 15.4 Å². The third kappa shape index (κ3) is 2.94. The van der Waals surface area contributed by atoms with Crippen molar-refractivity contribution in [3.63, 3.8) is 0 Å². The van der Waals surface area contributed by atoms with Crippen LogP contribution in [0.15, 0.2) is 34.9 Å². The predicted octanol–water partition coefficient (Wildman–Crippen LogP) is 2.40. The average Bonchev–Trinajstić information content (AvgIpc) is 3.25. The molecule has 3 unspecified atom stereocenters. The molecule has 1 aromatic carbocycles. The van der Waals surface area contributed by atoms with E-state index in [0.717, 1.165) is 12.8 Å². The molecule has 3 atom stereocenters. The van der Waals surface area contributed by atoms with Crippen LogP contribution in [-0.4, -0.2) is 29.0 Å². The summed E-state index contributed by atoms with van der Waals surface area (Å²) in [6.07, 6.45) is 4.93. The van der Waals surface area contributed by atoms with E-state index < -0.39 is 0 Å². The first-order valence-electron chi connectivity index (χ1n) is 7.94. The van der Waals surface area contributed by atoms with Crippen LogP contribution in [0.1, 0.15) is 35.5 Å². The number of fused-ring (bicyclic) bond motifs is 2. The molecule has 0 spiro atoms. The molecule has 2 saturated heterocycles. The SMILES string of the molecule is Cc1ncc(Oc2ccc(C(=O)NC3CC4CCC3N4)cc2)o1. The number of carbonyl (C=O) groups excluding carboxylic acids is 1. The topological polar surface area (TPSA) is 76.4 Å². The first kappa shape index (κ1) is 14.3. The lowest BCUT2D eigenvalue weighted by atomic mass is 9.95. The fourth-order valence-corrected chi connectivity index (χ4v) is 3.41. The van der Waals surface area contributed by atoms with Gasteiger partial charge in [-0.1, -0.05) is 0 Å². The number of oxazole rings is 1. The first-order chi connectivity index (χ1) is 11.2. The van der Waals surface area contributed by atoms with Crippen molar-refractivity contribution < 1.29 is 13.9 Å². The van der Waals surface area contributed by atoms with E-state index in [1.165, 1.54) is 12.6 Å². The molecule has 1 amide bonds. The highest BCUT2D eigenvalue weighted by Crippen LogP contribution is 2.28. The van der Waals surface area contributed by atoms with Crippen LogP contribution in [0.2, 0.25) is 0 Å². The van der Waals surface area contributed by atoms with E-state index in [9.17, 15) is 4.79 Å². The number of rotatable bonds is 4. The number of carbonyl (C=O) groups is 1. The third-order valence-electron chi connectivity index (χ3n) is 4.55. The maximum Gasteiger partial charge on any atom is 0.310 e. The number of ether oxygens (including phenoxy) is 1. The van der Waals surface area contributed by atoms with Gasteiger partial charge >= 0.3 is 5.95 Å². The normalized spacial score (nSPS) is 25.5. The van der Waals surface area contributed by atoms with Crippen LogP contribution in [-0.2, 0) is 0 Å². The Labute approximate surface area is 134 Å². The summed E-state index contributed by atoms with van der Waals surface area (Å²) in [7, 11) is 0. The zero-order chi connectivity index (χ0) is 15.8. The van der Waals surface area contributed by atoms with Gasteiger partial charge in [-0.05, 0) is 43.5 Å². The highest BCUT2D eigenvalue weighted by molar-refractivity contribution is 5.94. The Morgan fingerprint density at radius 1 is 1.35 bits per heavy atom. The molecular formula is C17H19N3O3. The molecule has 2 aromatic rings. The number of nitrogens with zero attached hydrogens (tertiary/aromatic N) is 1. The van der Waals surface area contributed by atoms with Gasteiger partial charge in [-0.3, -0.25) is 4.79 Å². The second kappa shape index (κ2) is 5.70. The second-order valence-corrected chi connectivity index (χ2v) is 6.19. The lowest BCUT2D eigenvalue weighted by molar-refractivity contribution is 0.0931. The van der Waals surface area contributed by atoms with Crippen LogP contribution in [0.25, 0.3) is 0 Å². The molecule has 2 bridgehead atoms. The predicted molar refractivity (Wildman–Crippen MR) is 83.6 cm³/mol. The van der Waals surface area contributed by atoms with Gasteiger partial charge in [0.2, 0.25) is 0 Å². The zero-order valence-corrected chi connectivity index (χ0v) is 12.9. The van der Waals surface area contributed by atoms with Crippen LogP contribution in [0, 0.1) is 6.92 Å². The lowest BCUT2D eigenvalue weighted by Gasteiger charge is -2.21. The molecule has 1 aromatic heterocycles. The fourth-order valence-electron chi connectivity index (χ4n) is 3.41. The minimum absolute atomic E-state index is 0.0357. The van der Waals surface area contributed by atoms with Gasteiger partial charge in [-0.2, -0.15) is 0 Å². The summed E-state index contributed by atoms with van der Waals surface area (Å²) >= 11 is 0. The van der Waals surface area contributed by atoms with E-state index in [-0.39, 0.29) is 11.9 Å². The minimum Gasteiger partial charge on any atom is -0.425 e. The smallest absolute Gasteiger partial charge is 0.310 e. The maximum absolute atomic E-state index is 12.3. The van der Waals surface area contributed by atoms with Crippen molar-refractivity contribution >= 4 is 5.91 Å². The Morgan fingerprint density at radius 2 is 2.17 bits per heavy atom. The van der Waals surface area contributed by atoms with E-state index in [1.54, 1.807) is 31.2 Å². The van der Waals surface area contributed by atoms with Crippen LogP contribution in [0.3, 0.4) is 0 Å². The number of nitrogens with one attached hydrogen (secondary N) is 2. The van der Waals surface area contributed by atoms with Gasteiger partial charge in [0, 0.05) is 30.6 Å². The second-order valence-electron chi connectivity index (χ2n) is 6.19. The molecule has 3 heterocycles. The molecule has 2 fully saturated rings. The van der Waals surface area contributed by atoms with Crippen molar-refractivity contribution in [3.05, 3.63) is 41.9 Å². The number of benzene rings is 1. The van der Waals surface area contributed by atoms with Gasteiger partial charge in [0.1, 0.15) is 11.9 Å². The first-order valence-corrected chi connectivity index (χ1v) is 7.94. The Kier molecular flexibility index (Phi) is 3.53. The van der Waals surface area contributed by atoms with Gasteiger partial charge in [0.05, 0.1) is 0 Å². The van der Waals surface area contributed by atoms with Gasteiger partial charge in [-0.15, -0.1) is 0 Å². The lowest BCUT2D eigenvalue weighted by Crippen LogP contribution is -2.42. The van der Waals surface area contributed by atoms with Gasteiger partial charge in [0.15, 0.2) is 5.89 Å². The standard InChI is InChI=1S/C17H19N3O3/c1-10-18-9-16(22-10)23-13-5-2-11(3-6-13)17(21)20-15-8-12-4-7-14(15)19-12/h2-3,5-6,9,12,14-15,19H,4,7-8H2,1H3,(H,20,21). The fraction of sp³-hybridized carbons (Fsp3) is 0.412. The maximum atomic E-state index is 12.3. The monoisotopic (exact) mass is 313 g/mol. The quantitative estimate of drug-likeness (QED) is 0.906. The summed E-state index contributed by atoms with van der Waals surface area (Å²) in [4.78, 5) is 16.3. The summed E-state index contributed by atoms with van der Waals surface area (Å²) in [5.41, 5.74) is 0.633. The van der Waals surface area contributed by atoms with Crippen molar-refractivity contribution in [2.24, 2.45) is 0 Å². The highest BCUT2D eigenvalue weighted by Gasteiger charge is 2.39. The number of aromatic nitrogens is 1. The summed E-state index contributed by atoms with van der Waals surface area (Å²) in [5.74, 6) is 1.47. The van der Waals surface area contributed by atoms with Crippen LogP contribution in [0.4, 0.5) is 0 Å². The zero-order valence-electron chi connectivity index (χ0n) is 12.9. The van der Waals surface area contributed by atoms with E-state index >= 15 is 0 Å². The summed E-state index contributed by atoms with van der Waals surface area (Å²) in [5, 5.41) is 6.65. The number of hydrogen-bond donors (Lipinski definition) is 2. The molecule has 2 N–H and O–H groups in total. The largest absolute Gasteiger partial charge is 0.425 e. The summed E-state index contributed by atoms with van der Waals surface area (Å²) in [6.45, 7) is 1.75. The highest BCUT2D eigenvalue weighted by atomic mass is 16.6. The van der Waals surface area contributed by atoms with Crippen molar-refractivity contribution in [1.82, 2.24) is 15.6 Å². The van der Waals surface area contributed by atoms with E-state index in [0.29, 0.717) is 35.2 Å². The van der Waals surface area contributed by atoms with E-state index in [2.05, 4.69) is 15.6 Å². The Bertz CT molecular complexity index is 710. The van der Waals surface area contributed by atoms with Crippen molar-refractivity contribution in [1.29, 1.82) is 0 Å². The Balaban J connectivity index is 1.38. The third-order valence-corrected chi connectivity index (χ3v) is 4.55. The van der Waals surface area contributed by atoms with Gasteiger partial charge in [0.25, 0.3) is 5.91 Å². The molecule has 0 aliphatic carbocycles. The van der Waals surface area contributed by atoms with Crippen LogP contribution >= 0.6 is 0 Å². The summed E-state index contributed by atoms with van der Waals surface area (Å²) < 4.78 is 10.8. The van der Waals surface area contributed by atoms with E-state index in [1.807, 2.05) is 0 Å². The Morgan fingerprint density at radius 3 is 2.78 bits per heavy atom. The molecular weight excluding hydrogens is 294 g/mol. The van der Waals surface area contributed by atoms with Gasteiger partial charge < -0.3 is 19.8 Å². The molecule has 6 heteroatoms. The van der Waals surface area contributed by atoms with Crippen molar-refractivity contribution in [2.45, 2.75) is 44.3 Å². The average molecular weight is 313 g/mol. The number of aryl methyl sites for hydroxylation is 1. The number of hydrogen-bond acceptors (Lipinski definition) is 5. The van der Waals surface area contributed by atoms with E-state index in [4.69, 9.17) is 9.15 Å². The van der Waals surface area contributed by atoms with Crippen LogP contribution in [0.5, 0.6) is 11.7 Å². The summed E-state index contributed by atoms with van der Waals surface area (Å²) in [6, 6.07) is 8.28. The molecule has 4 rings (SSSR count). The van der Waals surface area contributed by atoms with Crippen molar-refractivity contribution in [2.75, 3.05) is 0 Å². The molecule has 2 aliphatic heterocycles. The molecule has 0 radical (unpaired) electrons. The molecule has 2 aliphatic rings. The molecule has 120 valence electrons. The van der Waals surface area contributed by atoms with Crippen molar-refractivity contribution in [3.8, 4) is 11.7 Å². The Hall–Kier alpha value is -2.34. The molecule has 6 nitrogen and oxygen atoms in total. The molecule has 23 heavy (non-hydrogen) atoms. The molecule has 0 saturated carbocycles. The van der Waals surface area contributed by atoms with Gasteiger partial charge in [-0.25, -0.2) is 4.98 Å².